The van der Waals surface area contributed by atoms with Crippen molar-refractivity contribution in [1.29, 1.82) is 0 Å². The molecule has 3 rings (SSSR count). The first-order valence-corrected chi connectivity index (χ1v) is 8.22. The second kappa shape index (κ2) is 6.89. The van der Waals surface area contributed by atoms with Gasteiger partial charge in [0.1, 0.15) is 0 Å². The Morgan fingerprint density at radius 1 is 1.48 bits per heavy atom. The number of rotatable bonds is 3. The quantitative estimate of drug-likeness (QED) is 0.784. The van der Waals surface area contributed by atoms with Crippen LogP contribution in [0.15, 0.2) is 18.3 Å². The fourth-order valence-corrected chi connectivity index (χ4v) is 3.41. The SMILES string of the molecule is NC(=S)N1CCOC[C@@H]1Cc1c[nH]c2c(OC(F)(F)F)cc(Cl)cc12. The van der Waals surface area contributed by atoms with E-state index >= 15 is 0 Å². The van der Waals surface area contributed by atoms with Gasteiger partial charge in [-0.05, 0) is 30.3 Å². The van der Waals surface area contributed by atoms with Gasteiger partial charge in [0.25, 0.3) is 0 Å². The van der Waals surface area contributed by atoms with Gasteiger partial charge in [-0.1, -0.05) is 11.6 Å². The standard InChI is InChI=1S/C15H15ClF3N3O2S/c16-9-4-11-8(3-10-7-23-2-1-22(10)14(20)25)6-21-13(11)12(5-9)24-15(17,18)19/h4-6,10,21H,1-3,7H2,(H2,20,25)/t10-/m0/s1. The number of benzene rings is 1. The molecule has 1 aromatic carbocycles. The molecular formula is C15H15ClF3N3O2S. The van der Waals surface area contributed by atoms with E-state index in [1.54, 1.807) is 12.3 Å². The number of nitrogens with zero attached hydrogens (tertiary/aromatic N) is 1. The summed E-state index contributed by atoms with van der Waals surface area (Å²) < 4.78 is 47.3. The van der Waals surface area contributed by atoms with Crippen LogP contribution < -0.4 is 10.5 Å². The molecule has 5 nitrogen and oxygen atoms in total. The van der Waals surface area contributed by atoms with Crippen molar-refractivity contribution < 1.29 is 22.6 Å². The van der Waals surface area contributed by atoms with E-state index in [0.29, 0.717) is 31.6 Å². The minimum atomic E-state index is -4.80. The Hall–Kier alpha value is -1.71. The van der Waals surface area contributed by atoms with Crippen molar-refractivity contribution in [2.75, 3.05) is 19.8 Å². The van der Waals surface area contributed by atoms with Crippen LogP contribution in [0.25, 0.3) is 10.9 Å². The number of nitrogens with one attached hydrogen (secondary N) is 1. The largest absolute Gasteiger partial charge is 0.573 e. The third kappa shape index (κ3) is 4.10. The lowest BCUT2D eigenvalue weighted by atomic mass is 10.0. The van der Waals surface area contributed by atoms with Gasteiger partial charge in [-0.3, -0.25) is 0 Å². The maximum absolute atomic E-state index is 12.6. The molecule has 0 saturated carbocycles. The second-order valence-corrected chi connectivity index (χ2v) is 6.51. The summed E-state index contributed by atoms with van der Waals surface area (Å²) in [4.78, 5) is 4.69. The average Bonchev–Trinajstić information content (AvgIpc) is 2.89. The Kier molecular flexibility index (Phi) is 4.99. The van der Waals surface area contributed by atoms with E-state index in [4.69, 9.17) is 34.3 Å². The predicted molar refractivity (Wildman–Crippen MR) is 91.8 cm³/mol. The molecular weight excluding hydrogens is 379 g/mol. The second-order valence-electron chi connectivity index (χ2n) is 5.65. The van der Waals surface area contributed by atoms with Gasteiger partial charge in [-0.2, -0.15) is 0 Å². The van der Waals surface area contributed by atoms with Crippen molar-refractivity contribution in [3.8, 4) is 5.75 Å². The van der Waals surface area contributed by atoms with Crippen LogP contribution in [0.4, 0.5) is 13.2 Å². The molecule has 1 aromatic heterocycles. The highest BCUT2D eigenvalue weighted by Crippen LogP contribution is 2.35. The van der Waals surface area contributed by atoms with Crippen LogP contribution in [0.2, 0.25) is 5.02 Å². The van der Waals surface area contributed by atoms with E-state index in [1.807, 2.05) is 4.90 Å². The number of morpholine rings is 1. The number of hydrogen-bond acceptors (Lipinski definition) is 3. The lowest BCUT2D eigenvalue weighted by Crippen LogP contribution is -2.51. The highest BCUT2D eigenvalue weighted by atomic mass is 35.5. The number of alkyl halides is 3. The molecule has 1 atom stereocenters. The van der Waals surface area contributed by atoms with Crippen molar-refractivity contribution in [3.63, 3.8) is 0 Å². The Labute approximate surface area is 151 Å². The monoisotopic (exact) mass is 393 g/mol. The van der Waals surface area contributed by atoms with Gasteiger partial charge in [-0.15, -0.1) is 13.2 Å². The van der Waals surface area contributed by atoms with Crippen LogP contribution in [0.5, 0.6) is 5.75 Å². The zero-order valence-corrected chi connectivity index (χ0v) is 14.5. The fourth-order valence-electron chi connectivity index (χ4n) is 2.96. The maximum Gasteiger partial charge on any atom is 0.573 e. The van der Waals surface area contributed by atoms with E-state index in [0.717, 1.165) is 11.6 Å². The van der Waals surface area contributed by atoms with Gasteiger partial charge in [-0.25, -0.2) is 0 Å². The smallest absolute Gasteiger partial charge is 0.403 e. The van der Waals surface area contributed by atoms with Gasteiger partial charge in [0.2, 0.25) is 0 Å². The number of thiocarbonyl (C=S) groups is 1. The summed E-state index contributed by atoms with van der Waals surface area (Å²) in [5.74, 6) is -0.368. The minimum absolute atomic E-state index is 0.101. The average molecular weight is 394 g/mol. The summed E-state index contributed by atoms with van der Waals surface area (Å²) in [6.07, 6.45) is -2.68. The number of H-pyrrole nitrogens is 1. The van der Waals surface area contributed by atoms with E-state index in [-0.39, 0.29) is 27.4 Å². The van der Waals surface area contributed by atoms with Crippen LogP contribution in [0, 0.1) is 0 Å². The third-order valence-corrected chi connectivity index (χ3v) is 4.45. The predicted octanol–water partition coefficient (Wildman–Crippen LogP) is 3.21. The lowest BCUT2D eigenvalue weighted by molar-refractivity contribution is -0.274. The molecule has 3 N–H and O–H groups in total. The summed E-state index contributed by atoms with van der Waals surface area (Å²) in [7, 11) is 0. The molecule has 2 heterocycles. The van der Waals surface area contributed by atoms with Crippen LogP contribution in [-0.2, 0) is 11.2 Å². The lowest BCUT2D eigenvalue weighted by Gasteiger charge is -2.36. The zero-order chi connectivity index (χ0) is 18.2. The van der Waals surface area contributed by atoms with Crippen molar-refractivity contribution in [1.82, 2.24) is 9.88 Å². The topological polar surface area (TPSA) is 63.5 Å². The molecule has 136 valence electrons. The first-order chi connectivity index (χ1) is 11.7. The van der Waals surface area contributed by atoms with Crippen molar-refractivity contribution in [2.45, 2.75) is 18.8 Å². The van der Waals surface area contributed by atoms with Crippen LogP contribution in [0.1, 0.15) is 5.56 Å². The van der Waals surface area contributed by atoms with E-state index in [1.165, 1.54) is 0 Å². The molecule has 0 aliphatic carbocycles. The molecule has 0 amide bonds. The normalized spacial score (nSPS) is 18.6. The van der Waals surface area contributed by atoms with Gasteiger partial charge in [0.15, 0.2) is 10.9 Å². The van der Waals surface area contributed by atoms with Gasteiger partial charge in [0.05, 0.1) is 24.8 Å². The molecule has 25 heavy (non-hydrogen) atoms. The molecule has 0 unspecified atom stereocenters. The number of aromatic amines is 1. The number of aromatic nitrogens is 1. The molecule has 1 aliphatic heterocycles. The molecule has 10 heteroatoms. The molecule has 1 aliphatic rings. The summed E-state index contributed by atoms with van der Waals surface area (Å²) >= 11 is 11.0. The van der Waals surface area contributed by atoms with Crippen molar-refractivity contribution >= 4 is 39.8 Å². The Morgan fingerprint density at radius 2 is 2.24 bits per heavy atom. The van der Waals surface area contributed by atoms with Crippen LogP contribution in [0.3, 0.4) is 0 Å². The highest BCUT2D eigenvalue weighted by Gasteiger charge is 2.33. The maximum atomic E-state index is 12.6. The minimum Gasteiger partial charge on any atom is -0.403 e. The summed E-state index contributed by atoms with van der Waals surface area (Å²) in [5, 5.41) is 0.978. The summed E-state index contributed by atoms with van der Waals surface area (Å²) in [6.45, 7) is 1.53. The van der Waals surface area contributed by atoms with Gasteiger partial charge in [0, 0.05) is 29.2 Å². The number of nitrogens with two attached hydrogens (primary N) is 1. The van der Waals surface area contributed by atoms with Crippen molar-refractivity contribution in [3.05, 3.63) is 28.9 Å². The Bertz CT molecular complexity index is 796. The molecule has 2 aromatic rings. The van der Waals surface area contributed by atoms with E-state index in [9.17, 15) is 13.2 Å². The first-order valence-electron chi connectivity index (χ1n) is 7.43. The molecule has 0 spiro atoms. The fraction of sp³-hybridized carbons (Fsp3) is 0.400. The van der Waals surface area contributed by atoms with Crippen molar-refractivity contribution in [2.24, 2.45) is 5.73 Å². The third-order valence-electron chi connectivity index (χ3n) is 4.00. The molecule has 1 saturated heterocycles. The highest BCUT2D eigenvalue weighted by molar-refractivity contribution is 7.80. The first kappa shape index (κ1) is 18.1. The Balaban J connectivity index is 1.93. The molecule has 0 radical (unpaired) electrons. The molecule has 1 fully saturated rings. The Morgan fingerprint density at radius 3 is 2.92 bits per heavy atom. The summed E-state index contributed by atoms with van der Waals surface area (Å²) in [6, 6.07) is 2.62. The number of hydrogen-bond donors (Lipinski definition) is 2. The molecule has 0 bridgehead atoms. The number of ether oxygens (including phenoxy) is 2. The number of halogens is 4. The van der Waals surface area contributed by atoms with E-state index in [2.05, 4.69) is 9.72 Å². The van der Waals surface area contributed by atoms with E-state index < -0.39 is 6.36 Å². The van der Waals surface area contributed by atoms with Crippen LogP contribution >= 0.6 is 23.8 Å². The van der Waals surface area contributed by atoms with Gasteiger partial charge >= 0.3 is 6.36 Å². The summed E-state index contributed by atoms with van der Waals surface area (Å²) in [5.41, 5.74) is 6.76. The van der Waals surface area contributed by atoms with Crippen LogP contribution in [-0.4, -0.2) is 47.2 Å². The zero-order valence-electron chi connectivity index (χ0n) is 12.9. The van der Waals surface area contributed by atoms with Gasteiger partial charge < -0.3 is 25.1 Å². The number of fused-ring (bicyclic) bond motifs is 1.